The smallest absolute Gasteiger partial charge is 0.413 e. The Hall–Kier alpha value is -2.68. The number of benzene rings is 1. The quantitative estimate of drug-likeness (QED) is 0.865. The van der Waals surface area contributed by atoms with Crippen LogP contribution in [0.3, 0.4) is 0 Å². The lowest BCUT2D eigenvalue weighted by atomic mass is 10.1. The van der Waals surface area contributed by atoms with Gasteiger partial charge in [0.15, 0.2) is 5.92 Å². The first-order valence-corrected chi connectivity index (χ1v) is 6.88. The molecule has 0 aliphatic heterocycles. The summed E-state index contributed by atoms with van der Waals surface area (Å²) in [6, 6.07) is 5.74. The van der Waals surface area contributed by atoms with Gasteiger partial charge in [-0.3, -0.25) is 15.1 Å². The third-order valence-electron chi connectivity index (χ3n) is 2.91. The Morgan fingerprint density at radius 3 is 2.45 bits per heavy atom. The summed E-state index contributed by atoms with van der Waals surface area (Å²) >= 11 is 0. The van der Waals surface area contributed by atoms with Gasteiger partial charge < -0.3 is 4.74 Å². The Kier molecular flexibility index (Phi) is 6.26. The summed E-state index contributed by atoms with van der Waals surface area (Å²) in [6.07, 6.45) is 0.364. The lowest BCUT2D eigenvalue weighted by Gasteiger charge is -2.08. The number of nitrogens with zero attached hydrogens (tertiary/aromatic N) is 2. The molecule has 1 atom stereocenters. The number of rotatable bonds is 4. The Labute approximate surface area is 129 Å². The average Bonchev–Trinajstić information content (AvgIpc) is 2.41. The highest BCUT2D eigenvalue weighted by Crippen LogP contribution is 2.24. The number of ether oxygens (including phenoxy) is 1. The zero-order chi connectivity index (χ0) is 16.7. The van der Waals surface area contributed by atoms with Crippen LogP contribution in [-0.2, 0) is 9.53 Å². The second-order valence-electron chi connectivity index (χ2n) is 4.84. The Morgan fingerprint density at radius 1 is 1.36 bits per heavy atom. The van der Waals surface area contributed by atoms with Gasteiger partial charge in [-0.1, -0.05) is 17.7 Å². The second kappa shape index (κ2) is 7.93. The molecule has 0 heterocycles. The van der Waals surface area contributed by atoms with Gasteiger partial charge in [-0.05, 0) is 38.8 Å². The van der Waals surface area contributed by atoms with Crippen molar-refractivity contribution in [2.24, 2.45) is 10.9 Å². The largest absolute Gasteiger partial charge is 0.450 e. The first-order chi connectivity index (χ1) is 10.4. The minimum absolute atomic E-state index is 0.145. The molecule has 1 N–H and O–H groups in total. The Bertz CT molecular complexity index is 622. The molecule has 0 spiro atoms. The number of nitrogens with one attached hydrogen (secondary N) is 1. The summed E-state index contributed by atoms with van der Waals surface area (Å²) < 4.78 is 4.60. The summed E-state index contributed by atoms with van der Waals surface area (Å²) in [4.78, 5) is 27.2. The molecule has 1 unspecified atom stereocenters. The minimum atomic E-state index is -1.16. The number of hydrogen-bond donors (Lipinski definition) is 1. The SMILES string of the molecule is CCOC(=O)NC(=O)C(C#N)C=Nc1c(C)cc(C)cc1C. The molecule has 0 aliphatic rings. The Balaban J connectivity index is 2.89. The molecule has 0 fully saturated rings. The van der Waals surface area contributed by atoms with Crippen molar-refractivity contribution in [2.75, 3.05) is 6.61 Å². The van der Waals surface area contributed by atoms with E-state index in [1.54, 1.807) is 13.0 Å². The fraction of sp³-hybridized carbons (Fsp3) is 0.375. The summed E-state index contributed by atoms with van der Waals surface area (Å²) in [5.41, 5.74) is 3.74. The van der Waals surface area contributed by atoms with Crippen LogP contribution in [0.2, 0.25) is 0 Å². The van der Waals surface area contributed by atoms with Crippen LogP contribution in [0, 0.1) is 38.0 Å². The maximum atomic E-state index is 11.8. The van der Waals surface area contributed by atoms with Crippen LogP contribution in [0.5, 0.6) is 0 Å². The van der Waals surface area contributed by atoms with Crippen LogP contribution < -0.4 is 5.32 Å². The molecule has 0 radical (unpaired) electrons. The highest BCUT2D eigenvalue weighted by molar-refractivity contribution is 6.03. The third-order valence-corrected chi connectivity index (χ3v) is 2.91. The molecule has 2 amide bonds. The van der Waals surface area contributed by atoms with E-state index in [9.17, 15) is 9.59 Å². The lowest BCUT2D eigenvalue weighted by Crippen LogP contribution is -2.36. The molecule has 1 rings (SSSR count). The number of hydrogen-bond acceptors (Lipinski definition) is 5. The molecule has 1 aromatic carbocycles. The number of aryl methyl sites for hydroxylation is 3. The van der Waals surface area contributed by atoms with Crippen molar-refractivity contribution < 1.29 is 14.3 Å². The molecular formula is C16H19N3O3. The van der Waals surface area contributed by atoms with E-state index in [1.165, 1.54) is 6.21 Å². The van der Waals surface area contributed by atoms with Crippen LogP contribution in [0.4, 0.5) is 10.5 Å². The highest BCUT2D eigenvalue weighted by Gasteiger charge is 2.19. The number of carbonyl (C=O) groups excluding carboxylic acids is 2. The van der Waals surface area contributed by atoms with Gasteiger partial charge in [0, 0.05) is 6.21 Å². The molecule has 0 saturated heterocycles. The van der Waals surface area contributed by atoms with Gasteiger partial charge in [0.2, 0.25) is 0 Å². The zero-order valence-corrected chi connectivity index (χ0v) is 13.1. The standard InChI is InChI=1S/C16H19N3O3/c1-5-22-16(21)19-15(20)13(8-17)9-18-14-11(3)6-10(2)7-12(14)4/h6-7,9,13H,5H2,1-4H3,(H,19,20,21). The van der Waals surface area contributed by atoms with Crippen molar-refractivity contribution in [3.05, 3.63) is 28.8 Å². The van der Waals surface area contributed by atoms with Crippen molar-refractivity contribution in [1.82, 2.24) is 5.32 Å². The predicted octanol–water partition coefficient (Wildman–Crippen LogP) is 2.73. The molecule has 0 bridgehead atoms. The van der Waals surface area contributed by atoms with Gasteiger partial charge in [-0.2, -0.15) is 5.26 Å². The van der Waals surface area contributed by atoms with E-state index in [0.717, 1.165) is 22.4 Å². The number of amides is 2. The number of alkyl carbamates (subject to hydrolysis) is 1. The molecule has 6 nitrogen and oxygen atoms in total. The molecule has 0 saturated carbocycles. The van der Waals surface area contributed by atoms with E-state index in [-0.39, 0.29) is 6.61 Å². The molecule has 116 valence electrons. The molecule has 6 heteroatoms. The molecule has 0 aromatic heterocycles. The minimum Gasteiger partial charge on any atom is -0.450 e. The van der Waals surface area contributed by atoms with Crippen LogP contribution in [0.25, 0.3) is 0 Å². The zero-order valence-electron chi connectivity index (χ0n) is 13.1. The van der Waals surface area contributed by atoms with E-state index in [2.05, 4.69) is 9.73 Å². The lowest BCUT2D eigenvalue weighted by molar-refractivity contribution is -0.121. The summed E-state index contributed by atoms with van der Waals surface area (Å²) in [6.45, 7) is 7.57. The number of nitriles is 1. The maximum absolute atomic E-state index is 11.8. The van der Waals surface area contributed by atoms with Gasteiger partial charge in [0.05, 0.1) is 18.4 Å². The first-order valence-electron chi connectivity index (χ1n) is 6.88. The van der Waals surface area contributed by atoms with Crippen LogP contribution in [0.1, 0.15) is 23.6 Å². The Morgan fingerprint density at radius 2 is 1.95 bits per heavy atom. The number of carbonyl (C=O) groups is 2. The van der Waals surface area contributed by atoms with E-state index in [1.807, 2.05) is 38.2 Å². The summed E-state index contributed by atoms with van der Waals surface area (Å²) in [7, 11) is 0. The predicted molar refractivity (Wildman–Crippen MR) is 83.1 cm³/mol. The number of aliphatic imine (C=N–C) groups is 1. The van der Waals surface area contributed by atoms with Crippen LogP contribution in [0.15, 0.2) is 17.1 Å². The molecule has 1 aromatic rings. The van der Waals surface area contributed by atoms with Crippen LogP contribution >= 0.6 is 0 Å². The number of imide groups is 1. The van der Waals surface area contributed by atoms with Crippen molar-refractivity contribution in [2.45, 2.75) is 27.7 Å². The average molecular weight is 301 g/mol. The van der Waals surface area contributed by atoms with Crippen molar-refractivity contribution in [1.29, 1.82) is 5.26 Å². The molecule has 0 aliphatic carbocycles. The highest BCUT2D eigenvalue weighted by atomic mass is 16.5. The van der Waals surface area contributed by atoms with E-state index in [4.69, 9.17) is 5.26 Å². The summed E-state index contributed by atoms with van der Waals surface area (Å²) in [5, 5.41) is 11.0. The van der Waals surface area contributed by atoms with Gasteiger partial charge in [0.1, 0.15) is 0 Å². The first kappa shape index (κ1) is 17.4. The molecular weight excluding hydrogens is 282 g/mol. The monoisotopic (exact) mass is 301 g/mol. The van der Waals surface area contributed by atoms with E-state index >= 15 is 0 Å². The topological polar surface area (TPSA) is 91.5 Å². The van der Waals surface area contributed by atoms with E-state index < -0.39 is 17.9 Å². The molecule has 22 heavy (non-hydrogen) atoms. The van der Waals surface area contributed by atoms with Gasteiger partial charge in [-0.15, -0.1) is 0 Å². The van der Waals surface area contributed by atoms with Gasteiger partial charge in [-0.25, -0.2) is 4.79 Å². The van der Waals surface area contributed by atoms with Crippen LogP contribution in [-0.4, -0.2) is 24.8 Å². The normalized spacial score (nSPS) is 11.8. The summed E-state index contributed by atoms with van der Waals surface area (Å²) in [5.74, 6) is -1.92. The van der Waals surface area contributed by atoms with Gasteiger partial charge >= 0.3 is 6.09 Å². The van der Waals surface area contributed by atoms with E-state index in [0.29, 0.717) is 0 Å². The fourth-order valence-electron chi connectivity index (χ4n) is 2.03. The second-order valence-corrected chi connectivity index (χ2v) is 4.84. The van der Waals surface area contributed by atoms with Crippen molar-refractivity contribution >= 4 is 23.9 Å². The maximum Gasteiger partial charge on any atom is 0.413 e. The van der Waals surface area contributed by atoms with Crippen molar-refractivity contribution in [3.8, 4) is 6.07 Å². The third kappa shape index (κ3) is 4.70. The fourth-order valence-corrected chi connectivity index (χ4v) is 2.03. The van der Waals surface area contributed by atoms with Crippen molar-refractivity contribution in [3.63, 3.8) is 0 Å². The van der Waals surface area contributed by atoms with Gasteiger partial charge in [0.25, 0.3) is 5.91 Å².